The SMILES string of the molecule is COC(=O)c1scc(C)c1NNS(=O)(=O)c1ccc(Cl)cc1. The van der Waals surface area contributed by atoms with E-state index in [4.69, 9.17) is 11.6 Å². The molecule has 0 saturated carbocycles. The van der Waals surface area contributed by atoms with Gasteiger partial charge in [-0.25, -0.2) is 13.2 Å². The zero-order valence-corrected chi connectivity index (χ0v) is 14.1. The van der Waals surface area contributed by atoms with Crippen molar-refractivity contribution in [3.05, 3.63) is 45.1 Å². The van der Waals surface area contributed by atoms with Crippen LogP contribution in [0.4, 0.5) is 5.69 Å². The first-order valence-corrected chi connectivity index (χ1v) is 8.79. The van der Waals surface area contributed by atoms with Crippen LogP contribution in [0.25, 0.3) is 0 Å². The van der Waals surface area contributed by atoms with Gasteiger partial charge in [0.2, 0.25) is 0 Å². The van der Waals surface area contributed by atoms with Crippen LogP contribution < -0.4 is 10.3 Å². The van der Waals surface area contributed by atoms with Crippen molar-refractivity contribution in [2.24, 2.45) is 0 Å². The van der Waals surface area contributed by atoms with Crippen molar-refractivity contribution in [3.8, 4) is 0 Å². The van der Waals surface area contributed by atoms with Gasteiger partial charge in [0.15, 0.2) is 0 Å². The summed E-state index contributed by atoms with van der Waals surface area (Å²) in [5.74, 6) is -0.536. The van der Waals surface area contributed by atoms with E-state index in [0.29, 0.717) is 15.6 Å². The largest absolute Gasteiger partial charge is 0.465 e. The van der Waals surface area contributed by atoms with Gasteiger partial charge in [0.05, 0.1) is 17.7 Å². The van der Waals surface area contributed by atoms with Gasteiger partial charge in [0, 0.05) is 5.02 Å². The molecule has 9 heteroatoms. The van der Waals surface area contributed by atoms with Gasteiger partial charge in [-0.15, -0.1) is 16.2 Å². The number of rotatable bonds is 5. The Morgan fingerprint density at radius 1 is 1.27 bits per heavy atom. The number of hydrogen-bond donors (Lipinski definition) is 2. The predicted octanol–water partition coefficient (Wildman–Crippen LogP) is 2.80. The maximum Gasteiger partial charge on any atom is 0.350 e. The Bertz CT molecular complexity index is 785. The van der Waals surface area contributed by atoms with Gasteiger partial charge < -0.3 is 10.2 Å². The minimum atomic E-state index is -3.79. The van der Waals surface area contributed by atoms with E-state index in [9.17, 15) is 13.2 Å². The molecule has 0 atom stereocenters. The molecule has 0 aliphatic rings. The Balaban J connectivity index is 2.21. The molecule has 0 saturated heterocycles. The Morgan fingerprint density at radius 2 is 1.91 bits per heavy atom. The zero-order valence-electron chi connectivity index (χ0n) is 11.7. The van der Waals surface area contributed by atoms with Crippen LogP contribution in [0.3, 0.4) is 0 Å². The smallest absolute Gasteiger partial charge is 0.350 e. The molecule has 0 fully saturated rings. The second-order valence-electron chi connectivity index (χ2n) is 4.30. The topological polar surface area (TPSA) is 84.5 Å². The van der Waals surface area contributed by atoms with Crippen LogP contribution in [0.5, 0.6) is 0 Å². The monoisotopic (exact) mass is 360 g/mol. The molecular formula is C13H13ClN2O4S2. The van der Waals surface area contributed by atoms with Crippen LogP contribution >= 0.6 is 22.9 Å². The lowest BCUT2D eigenvalue weighted by Gasteiger charge is -2.11. The number of carbonyl (C=O) groups excluding carboxylic acids is 1. The number of hydrogen-bond acceptors (Lipinski definition) is 6. The van der Waals surface area contributed by atoms with E-state index >= 15 is 0 Å². The van der Waals surface area contributed by atoms with E-state index in [1.54, 1.807) is 12.3 Å². The lowest BCUT2D eigenvalue weighted by molar-refractivity contribution is 0.0607. The van der Waals surface area contributed by atoms with Crippen molar-refractivity contribution < 1.29 is 17.9 Å². The van der Waals surface area contributed by atoms with Gasteiger partial charge in [-0.2, -0.15) is 0 Å². The summed E-state index contributed by atoms with van der Waals surface area (Å²) in [6.07, 6.45) is 0. The third kappa shape index (κ3) is 3.58. The molecule has 0 aliphatic carbocycles. The summed E-state index contributed by atoms with van der Waals surface area (Å²) in [6, 6.07) is 5.72. The number of methoxy groups -OCH3 is 1. The van der Waals surface area contributed by atoms with Crippen LogP contribution in [0, 0.1) is 6.92 Å². The molecule has 2 aromatic rings. The van der Waals surface area contributed by atoms with Crippen molar-refractivity contribution in [2.75, 3.05) is 12.5 Å². The highest BCUT2D eigenvalue weighted by molar-refractivity contribution is 7.89. The first kappa shape index (κ1) is 16.8. The third-order valence-corrected chi connectivity index (χ3v) is 5.37. The summed E-state index contributed by atoms with van der Waals surface area (Å²) in [5, 5.41) is 2.17. The number of thiophene rings is 1. The van der Waals surface area contributed by atoms with Gasteiger partial charge in [-0.1, -0.05) is 11.6 Å². The molecule has 22 heavy (non-hydrogen) atoms. The lowest BCUT2D eigenvalue weighted by atomic mass is 10.3. The molecule has 1 aromatic heterocycles. The van der Waals surface area contributed by atoms with E-state index in [2.05, 4.69) is 15.0 Å². The average molecular weight is 361 g/mol. The minimum absolute atomic E-state index is 0.0527. The van der Waals surface area contributed by atoms with Crippen LogP contribution in [-0.4, -0.2) is 21.5 Å². The summed E-state index contributed by atoms with van der Waals surface area (Å²) in [7, 11) is -2.52. The Kier molecular flexibility index (Phi) is 5.07. The summed E-state index contributed by atoms with van der Waals surface area (Å²) >= 11 is 6.90. The fourth-order valence-corrected chi connectivity index (χ4v) is 3.53. The number of halogens is 1. The molecule has 0 unspecified atom stereocenters. The molecule has 2 N–H and O–H groups in total. The highest BCUT2D eigenvalue weighted by Crippen LogP contribution is 2.28. The second kappa shape index (κ2) is 6.66. The normalized spacial score (nSPS) is 11.2. The van der Waals surface area contributed by atoms with E-state index < -0.39 is 16.0 Å². The molecule has 118 valence electrons. The summed E-state index contributed by atoms with van der Waals surface area (Å²) in [6.45, 7) is 1.75. The molecule has 0 radical (unpaired) electrons. The van der Waals surface area contributed by atoms with Gasteiger partial charge in [0.1, 0.15) is 4.88 Å². The van der Waals surface area contributed by atoms with E-state index in [-0.39, 0.29) is 4.90 Å². The number of carbonyl (C=O) groups is 1. The number of ether oxygens (including phenoxy) is 1. The molecule has 0 amide bonds. The Labute approximate surface area is 137 Å². The third-order valence-electron chi connectivity index (χ3n) is 2.78. The highest BCUT2D eigenvalue weighted by atomic mass is 35.5. The molecule has 1 heterocycles. The standard InChI is InChI=1S/C13H13ClN2O4S2/c1-8-7-21-12(13(17)20-2)11(8)15-16-22(18,19)10-5-3-9(14)4-6-10/h3-7,15-16H,1-2H3. The fraction of sp³-hybridized carbons (Fsp3) is 0.154. The number of anilines is 1. The molecule has 1 aromatic carbocycles. The fourth-order valence-electron chi connectivity index (χ4n) is 1.63. The molecule has 2 rings (SSSR count). The van der Waals surface area contributed by atoms with Gasteiger partial charge >= 0.3 is 5.97 Å². The number of sulfonamides is 1. The summed E-state index contributed by atoms with van der Waals surface area (Å²) < 4.78 is 29.0. The zero-order chi connectivity index (χ0) is 16.3. The average Bonchev–Trinajstić information content (AvgIpc) is 2.86. The predicted molar refractivity (Wildman–Crippen MR) is 85.8 cm³/mol. The maximum absolute atomic E-state index is 12.2. The summed E-state index contributed by atoms with van der Waals surface area (Å²) in [4.78, 5) is 14.2. The number of benzene rings is 1. The lowest BCUT2D eigenvalue weighted by Crippen LogP contribution is -2.30. The van der Waals surface area contributed by atoms with E-state index in [0.717, 1.165) is 5.56 Å². The first-order chi connectivity index (χ1) is 10.3. The Hall–Kier alpha value is -1.61. The maximum atomic E-state index is 12.2. The van der Waals surface area contributed by atoms with Crippen molar-refractivity contribution in [1.29, 1.82) is 0 Å². The first-order valence-electron chi connectivity index (χ1n) is 6.05. The van der Waals surface area contributed by atoms with Crippen LogP contribution in [0.15, 0.2) is 34.5 Å². The van der Waals surface area contributed by atoms with E-state index in [1.165, 1.54) is 42.7 Å². The molecular weight excluding hydrogens is 348 g/mol. The highest BCUT2D eigenvalue weighted by Gasteiger charge is 2.19. The van der Waals surface area contributed by atoms with Crippen LogP contribution in [0.1, 0.15) is 15.2 Å². The number of nitrogens with one attached hydrogen (secondary N) is 2. The molecule has 0 bridgehead atoms. The molecule has 0 aliphatic heterocycles. The number of esters is 1. The van der Waals surface area contributed by atoms with Crippen LogP contribution in [0.2, 0.25) is 5.02 Å². The summed E-state index contributed by atoms with van der Waals surface area (Å²) in [5.41, 5.74) is 3.66. The van der Waals surface area contributed by atoms with Gasteiger partial charge in [-0.3, -0.25) is 0 Å². The second-order valence-corrected chi connectivity index (χ2v) is 7.30. The van der Waals surface area contributed by atoms with E-state index in [1.807, 2.05) is 0 Å². The van der Waals surface area contributed by atoms with Crippen molar-refractivity contribution in [2.45, 2.75) is 11.8 Å². The molecule has 6 nitrogen and oxygen atoms in total. The van der Waals surface area contributed by atoms with Crippen molar-refractivity contribution in [3.63, 3.8) is 0 Å². The van der Waals surface area contributed by atoms with Gasteiger partial charge in [0.25, 0.3) is 10.0 Å². The van der Waals surface area contributed by atoms with Crippen molar-refractivity contribution in [1.82, 2.24) is 4.83 Å². The van der Waals surface area contributed by atoms with Gasteiger partial charge in [-0.05, 0) is 42.1 Å². The number of hydrazine groups is 1. The van der Waals surface area contributed by atoms with Crippen LogP contribution in [-0.2, 0) is 14.8 Å². The quantitative estimate of drug-likeness (QED) is 0.632. The van der Waals surface area contributed by atoms with Crippen molar-refractivity contribution >= 4 is 44.6 Å². The minimum Gasteiger partial charge on any atom is -0.465 e. The Morgan fingerprint density at radius 3 is 2.50 bits per heavy atom. The molecule has 0 spiro atoms. The number of aryl methyl sites for hydroxylation is 1.